The van der Waals surface area contributed by atoms with Crippen LogP contribution in [-0.2, 0) is 5.41 Å². The van der Waals surface area contributed by atoms with Crippen molar-refractivity contribution in [1.29, 1.82) is 0 Å². The van der Waals surface area contributed by atoms with E-state index in [4.69, 9.17) is 5.73 Å². The van der Waals surface area contributed by atoms with Crippen molar-refractivity contribution in [3.05, 3.63) is 11.8 Å². The zero-order valence-electron chi connectivity index (χ0n) is 10.5. The highest BCUT2D eigenvalue weighted by Crippen LogP contribution is 2.26. The third-order valence-electron chi connectivity index (χ3n) is 3.15. The molecular weight excluding hydrogens is 200 g/mol. The van der Waals surface area contributed by atoms with Gasteiger partial charge in [-0.2, -0.15) is 5.10 Å². The number of nitrogens with zero attached hydrogens (tertiary/aromatic N) is 2. The van der Waals surface area contributed by atoms with E-state index >= 15 is 0 Å². The fourth-order valence-corrected chi connectivity index (χ4v) is 2.11. The summed E-state index contributed by atoms with van der Waals surface area (Å²) in [5.74, 6) is 0.790. The predicted octanol–water partition coefficient (Wildman–Crippen LogP) is 1.69. The number of piperidine rings is 1. The van der Waals surface area contributed by atoms with Crippen LogP contribution in [0.4, 0.5) is 5.82 Å². The maximum absolute atomic E-state index is 6.04. The van der Waals surface area contributed by atoms with Gasteiger partial charge in [0.05, 0.1) is 11.7 Å². The number of nitrogens with one attached hydrogen (secondary N) is 1. The van der Waals surface area contributed by atoms with Gasteiger partial charge in [-0.15, -0.1) is 0 Å². The molecular formula is C12H22N4. The van der Waals surface area contributed by atoms with Gasteiger partial charge in [-0.1, -0.05) is 20.8 Å². The molecule has 1 fully saturated rings. The second-order valence-corrected chi connectivity index (χ2v) is 5.65. The van der Waals surface area contributed by atoms with Crippen molar-refractivity contribution >= 4 is 5.82 Å². The van der Waals surface area contributed by atoms with Crippen LogP contribution < -0.4 is 11.1 Å². The lowest BCUT2D eigenvalue weighted by Crippen LogP contribution is -2.32. The van der Waals surface area contributed by atoms with Gasteiger partial charge in [0, 0.05) is 18.0 Å². The van der Waals surface area contributed by atoms with Crippen LogP contribution in [0.15, 0.2) is 6.07 Å². The first-order valence-corrected chi connectivity index (χ1v) is 6.05. The summed E-state index contributed by atoms with van der Waals surface area (Å²) in [6.45, 7) is 8.59. The monoisotopic (exact) mass is 222 g/mol. The van der Waals surface area contributed by atoms with E-state index in [1.165, 1.54) is 12.8 Å². The molecule has 4 nitrogen and oxygen atoms in total. The minimum atomic E-state index is 0.0709. The maximum atomic E-state index is 6.04. The molecule has 0 aromatic carbocycles. The average molecular weight is 222 g/mol. The number of aromatic nitrogens is 2. The van der Waals surface area contributed by atoms with Crippen molar-refractivity contribution in [3.63, 3.8) is 0 Å². The highest BCUT2D eigenvalue weighted by atomic mass is 15.3. The molecule has 2 heterocycles. The molecule has 0 radical (unpaired) electrons. The van der Waals surface area contributed by atoms with E-state index in [0.717, 1.165) is 24.6 Å². The van der Waals surface area contributed by atoms with Crippen LogP contribution in [0.25, 0.3) is 0 Å². The summed E-state index contributed by atoms with van der Waals surface area (Å²) in [6, 6.07) is 2.43. The fourth-order valence-electron chi connectivity index (χ4n) is 2.11. The molecule has 0 aliphatic carbocycles. The average Bonchev–Trinajstić information content (AvgIpc) is 2.61. The first kappa shape index (κ1) is 11.5. The Hall–Kier alpha value is -1.03. The number of anilines is 1. The topological polar surface area (TPSA) is 55.9 Å². The third kappa shape index (κ3) is 2.21. The molecule has 0 unspecified atom stereocenters. The standard InChI is InChI=1S/C12H22N4/c1-12(2,3)10-7-11(13)16(15-10)9-5-4-6-14-8-9/h7,9,14H,4-6,8,13H2,1-3H3/t9-/m0/s1. The van der Waals surface area contributed by atoms with Crippen LogP contribution in [0.5, 0.6) is 0 Å². The normalized spacial score (nSPS) is 22.3. The van der Waals surface area contributed by atoms with E-state index in [0.29, 0.717) is 6.04 Å². The second kappa shape index (κ2) is 4.09. The van der Waals surface area contributed by atoms with E-state index in [1.54, 1.807) is 0 Å². The van der Waals surface area contributed by atoms with Crippen molar-refractivity contribution in [1.82, 2.24) is 15.1 Å². The molecule has 0 bridgehead atoms. The maximum Gasteiger partial charge on any atom is 0.122 e. The first-order valence-electron chi connectivity index (χ1n) is 6.05. The largest absolute Gasteiger partial charge is 0.384 e. The number of rotatable bonds is 1. The number of hydrogen-bond acceptors (Lipinski definition) is 3. The van der Waals surface area contributed by atoms with Crippen LogP contribution in [-0.4, -0.2) is 22.9 Å². The molecule has 16 heavy (non-hydrogen) atoms. The van der Waals surface area contributed by atoms with Gasteiger partial charge < -0.3 is 11.1 Å². The SMILES string of the molecule is CC(C)(C)c1cc(N)n([C@H]2CCCNC2)n1. The smallest absolute Gasteiger partial charge is 0.122 e. The highest BCUT2D eigenvalue weighted by Gasteiger charge is 2.23. The summed E-state index contributed by atoms with van der Waals surface area (Å²) in [5.41, 5.74) is 7.19. The van der Waals surface area contributed by atoms with Crippen LogP contribution in [0.1, 0.15) is 45.3 Å². The van der Waals surface area contributed by atoms with Crippen LogP contribution in [0.3, 0.4) is 0 Å². The van der Waals surface area contributed by atoms with Gasteiger partial charge in [0.2, 0.25) is 0 Å². The minimum Gasteiger partial charge on any atom is -0.384 e. The van der Waals surface area contributed by atoms with Crippen LogP contribution >= 0.6 is 0 Å². The zero-order valence-corrected chi connectivity index (χ0v) is 10.5. The van der Waals surface area contributed by atoms with Gasteiger partial charge >= 0.3 is 0 Å². The molecule has 1 aromatic heterocycles. The number of nitrogen functional groups attached to an aromatic ring is 1. The van der Waals surface area contributed by atoms with Crippen molar-refractivity contribution in [2.45, 2.75) is 45.1 Å². The van der Waals surface area contributed by atoms with Gasteiger partial charge in [-0.3, -0.25) is 0 Å². The lowest BCUT2D eigenvalue weighted by molar-refractivity contribution is 0.346. The van der Waals surface area contributed by atoms with E-state index in [-0.39, 0.29) is 5.41 Å². The Morgan fingerprint density at radius 1 is 1.50 bits per heavy atom. The molecule has 1 aliphatic rings. The fraction of sp³-hybridized carbons (Fsp3) is 0.750. The summed E-state index contributed by atoms with van der Waals surface area (Å²) in [4.78, 5) is 0. The summed E-state index contributed by atoms with van der Waals surface area (Å²) < 4.78 is 1.99. The minimum absolute atomic E-state index is 0.0709. The highest BCUT2D eigenvalue weighted by molar-refractivity contribution is 5.34. The second-order valence-electron chi connectivity index (χ2n) is 5.65. The Morgan fingerprint density at radius 3 is 2.75 bits per heavy atom. The van der Waals surface area contributed by atoms with Crippen molar-refractivity contribution in [2.75, 3.05) is 18.8 Å². The lowest BCUT2D eigenvalue weighted by Gasteiger charge is -2.24. The Labute approximate surface area is 97.2 Å². The van der Waals surface area contributed by atoms with Crippen LogP contribution in [0, 0.1) is 0 Å². The Bertz CT molecular complexity index is 356. The summed E-state index contributed by atoms with van der Waals surface area (Å²) in [5, 5.41) is 8.05. The summed E-state index contributed by atoms with van der Waals surface area (Å²) in [6.07, 6.45) is 2.37. The van der Waals surface area contributed by atoms with Gasteiger partial charge in [0.25, 0.3) is 0 Å². The summed E-state index contributed by atoms with van der Waals surface area (Å²) in [7, 11) is 0. The number of hydrogen-bond donors (Lipinski definition) is 2. The Morgan fingerprint density at radius 2 is 2.25 bits per heavy atom. The van der Waals surface area contributed by atoms with Gasteiger partial charge in [-0.25, -0.2) is 4.68 Å². The van der Waals surface area contributed by atoms with Crippen molar-refractivity contribution in [2.24, 2.45) is 0 Å². The first-order chi connectivity index (χ1) is 7.48. The third-order valence-corrected chi connectivity index (χ3v) is 3.15. The molecule has 0 spiro atoms. The summed E-state index contributed by atoms with van der Waals surface area (Å²) >= 11 is 0. The molecule has 0 saturated carbocycles. The molecule has 3 N–H and O–H groups in total. The van der Waals surface area contributed by atoms with Crippen molar-refractivity contribution < 1.29 is 0 Å². The quantitative estimate of drug-likeness (QED) is 0.760. The lowest BCUT2D eigenvalue weighted by atomic mass is 9.92. The molecule has 4 heteroatoms. The van der Waals surface area contributed by atoms with E-state index in [1.807, 2.05) is 10.7 Å². The Balaban J connectivity index is 2.24. The molecule has 0 amide bonds. The molecule has 90 valence electrons. The zero-order chi connectivity index (χ0) is 11.8. The molecule has 1 aliphatic heterocycles. The van der Waals surface area contributed by atoms with E-state index < -0.39 is 0 Å². The van der Waals surface area contributed by atoms with E-state index in [2.05, 4.69) is 31.2 Å². The molecule has 2 rings (SSSR count). The van der Waals surface area contributed by atoms with Gasteiger partial charge in [-0.05, 0) is 19.4 Å². The van der Waals surface area contributed by atoms with Gasteiger partial charge in [0.15, 0.2) is 0 Å². The van der Waals surface area contributed by atoms with Gasteiger partial charge in [0.1, 0.15) is 5.82 Å². The van der Waals surface area contributed by atoms with Crippen molar-refractivity contribution in [3.8, 4) is 0 Å². The number of nitrogens with two attached hydrogens (primary N) is 1. The predicted molar refractivity (Wildman–Crippen MR) is 66.5 cm³/mol. The Kier molecular flexibility index (Phi) is 2.93. The molecule has 1 saturated heterocycles. The van der Waals surface area contributed by atoms with E-state index in [9.17, 15) is 0 Å². The molecule has 1 aromatic rings. The van der Waals surface area contributed by atoms with Crippen LogP contribution in [0.2, 0.25) is 0 Å². The molecule has 1 atom stereocenters.